The van der Waals surface area contributed by atoms with Crippen molar-refractivity contribution < 1.29 is 27.8 Å². The first-order valence-electron chi connectivity index (χ1n) is 11.4. The Morgan fingerprint density at radius 2 is 1.91 bits per heavy atom. The maximum absolute atomic E-state index is 12.6. The second-order valence-corrected chi connectivity index (χ2v) is 8.03. The van der Waals surface area contributed by atoms with Gasteiger partial charge in [-0.1, -0.05) is 0 Å². The van der Waals surface area contributed by atoms with Gasteiger partial charge in [-0.2, -0.15) is 0 Å². The largest absolute Gasteiger partial charge is 0.497 e. The molecule has 0 aliphatic carbocycles. The van der Waals surface area contributed by atoms with E-state index in [4.69, 9.17) is 23.0 Å². The van der Waals surface area contributed by atoms with E-state index in [0.29, 0.717) is 41.7 Å². The lowest BCUT2D eigenvalue weighted by Crippen LogP contribution is -2.20. The molecule has 0 saturated heterocycles. The van der Waals surface area contributed by atoms with E-state index in [2.05, 4.69) is 5.32 Å². The number of carbonyl (C=O) groups is 1. The van der Waals surface area contributed by atoms with Crippen LogP contribution < -0.4 is 19.5 Å². The molecule has 182 valence electrons. The fourth-order valence-electron chi connectivity index (χ4n) is 4.09. The van der Waals surface area contributed by atoms with Crippen LogP contribution in [0.15, 0.2) is 63.8 Å². The smallest absolute Gasteiger partial charge is 0.244 e. The van der Waals surface area contributed by atoms with Gasteiger partial charge in [0.15, 0.2) is 0 Å². The first kappa shape index (κ1) is 24.0. The van der Waals surface area contributed by atoms with Gasteiger partial charge in [0.05, 0.1) is 39.9 Å². The Kier molecular flexibility index (Phi) is 7.15. The quantitative estimate of drug-likeness (QED) is 0.293. The Morgan fingerprint density at radius 1 is 1.09 bits per heavy atom. The van der Waals surface area contributed by atoms with Crippen LogP contribution in [-0.4, -0.2) is 26.7 Å². The molecule has 2 aromatic heterocycles. The lowest BCUT2D eigenvalue weighted by atomic mass is 9.96. The summed E-state index contributed by atoms with van der Waals surface area (Å²) in [4.78, 5) is 12.6. The molecule has 7 heteroatoms. The highest BCUT2D eigenvalue weighted by Gasteiger charge is 2.21. The van der Waals surface area contributed by atoms with Gasteiger partial charge in [0, 0.05) is 33.7 Å². The van der Waals surface area contributed by atoms with Gasteiger partial charge in [-0.3, -0.25) is 4.79 Å². The molecule has 7 nitrogen and oxygen atoms in total. The summed E-state index contributed by atoms with van der Waals surface area (Å²) >= 11 is 0. The summed E-state index contributed by atoms with van der Waals surface area (Å²) in [6.45, 7) is 6.57. The van der Waals surface area contributed by atoms with Crippen molar-refractivity contribution >= 4 is 22.4 Å². The predicted molar refractivity (Wildman–Crippen MR) is 135 cm³/mol. The van der Waals surface area contributed by atoms with E-state index in [0.717, 1.165) is 33.2 Å². The second kappa shape index (κ2) is 10.4. The minimum atomic E-state index is -0.221. The number of aryl methyl sites for hydroxylation is 1. The van der Waals surface area contributed by atoms with Gasteiger partial charge in [0.25, 0.3) is 0 Å². The number of carbonyl (C=O) groups excluding carboxylic acids is 1. The number of fused-ring (bicyclic) bond motifs is 1. The number of hydrogen-bond acceptors (Lipinski definition) is 6. The molecule has 4 aromatic rings. The summed E-state index contributed by atoms with van der Waals surface area (Å²) in [5.74, 6) is 2.56. The predicted octanol–water partition coefficient (Wildman–Crippen LogP) is 6.14. The van der Waals surface area contributed by atoms with Crippen LogP contribution in [0.3, 0.4) is 0 Å². The number of rotatable bonds is 9. The monoisotopic (exact) mass is 475 g/mol. The molecule has 1 N–H and O–H groups in total. The SMILES string of the molecule is CCOc1c(/C(C)=C/C(=O)NCc2ccco2)cc2c(-c3cc(OC)ccc3OC)coc2c1C. The normalized spacial score (nSPS) is 11.5. The van der Waals surface area contributed by atoms with Crippen LogP contribution in [0.2, 0.25) is 0 Å². The molecule has 0 atom stereocenters. The zero-order valence-corrected chi connectivity index (χ0v) is 20.6. The maximum Gasteiger partial charge on any atom is 0.244 e. The van der Waals surface area contributed by atoms with Crippen molar-refractivity contribution in [1.29, 1.82) is 0 Å². The Bertz CT molecular complexity index is 1360. The van der Waals surface area contributed by atoms with Crippen molar-refractivity contribution in [2.45, 2.75) is 27.3 Å². The van der Waals surface area contributed by atoms with E-state index in [9.17, 15) is 4.79 Å². The van der Waals surface area contributed by atoms with E-state index in [1.807, 2.05) is 51.1 Å². The molecule has 2 aromatic carbocycles. The molecule has 0 bridgehead atoms. The Hall–Kier alpha value is -4.13. The van der Waals surface area contributed by atoms with Gasteiger partial charge in [0.2, 0.25) is 5.91 Å². The third-order valence-electron chi connectivity index (χ3n) is 5.82. The number of amides is 1. The molecule has 1 amide bonds. The van der Waals surface area contributed by atoms with Crippen molar-refractivity contribution in [3.05, 3.63) is 71.9 Å². The van der Waals surface area contributed by atoms with Crippen molar-refractivity contribution in [2.24, 2.45) is 0 Å². The van der Waals surface area contributed by atoms with Crippen LogP contribution in [0.1, 0.15) is 30.7 Å². The molecule has 0 aliphatic rings. The van der Waals surface area contributed by atoms with Crippen LogP contribution in [0.5, 0.6) is 17.2 Å². The lowest BCUT2D eigenvalue weighted by Gasteiger charge is -2.15. The van der Waals surface area contributed by atoms with Crippen LogP contribution >= 0.6 is 0 Å². The lowest BCUT2D eigenvalue weighted by molar-refractivity contribution is -0.116. The summed E-state index contributed by atoms with van der Waals surface area (Å²) in [7, 11) is 3.26. The number of furan rings is 2. The number of hydrogen-bond donors (Lipinski definition) is 1. The molecule has 0 saturated carbocycles. The molecule has 0 aliphatic heterocycles. The third kappa shape index (κ3) is 4.89. The van der Waals surface area contributed by atoms with Gasteiger partial charge in [0.1, 0.15) is 28.6 Å². The van der Waals surface area contributed by atoms with E-state index < -0.39 is 0 Å². The van der Waals surface area contributed by atoms with Crippen LogP contribution in [0.4, 0.5) is 0 Å². The molecule has 4 rings (SSSR count). The standard InChI is InChI=1S/C28H29NO6/c1-6-33-27-18(3)28-23(24(16-35-28)22-13-19(31-4)9-10-25(22)32-5)14-21(27)17(2)12-26(30)29-15-20-8-7-11-34-20/h7-14,16H,6,15H2,1-5H3,(H,29,30)/b17-12+. The highest BCUT2D eigenvalue weighted by atomic mass is 16.5. The van der Waals surface area contributed by atoms with Crippen LogP contribution in [0, 0.1) is 6.92 Å². The van der Waals surface area contributed by atoms with Gasteiger partial charge in [-0.15, -0.1) is 0 Å². The fraction of sp³-hybridized carbons (Fsp3) is 0.250. The van der Waals surface area contributed by atoms with Crippen LogP contribution in [-0.2, 0) is 11.3 Å². The number of nitrogens with one attached hydrogen (secondary N) is 1. The molecule has 0 radical (unpaired) electrons. The summed E-state index contributed by atoms with van der Waals surface area (Å²) in [5.41, 5.74) is 4.86. The Morgan fingerprint density at radius 3 is 2.60 bits per heavy atom. The molecule has 2 heterocycles. The molecule has 0 unspecified atom stereocenters. The van der Waals surface area contributed by atoms with Crippen molar-refractivity contribution in [3.63, 3.8) is 0 Å². The average Bonchev–Trinajstić information content (AvgIpc) is 3.54. The molecular formula is C28H29NO6. The van der Waals surface area contributed by atoms with E-state index in [1.54, 1.807) is 38.9 Å². The number of allylic oxidation sites excluding steroid dienone is 1. The Labute approximate surface area is 204 Å². The molecule has 0 fully saturated rings. The zero-order valence-electron chi connectivity index (χ0n) is 20.6. The first-order valence-corrected chi connectivity index (χ1v) is 11.4. The van der Waals surface area contributed by atoms with Gasteiger partial charge in [-0.25, -0.2) is 0 Å². The number of ether oxygens (including phenoxy) is 3. The highest BCUT2D eigenvalue weighted by Crippen LogP contribution is 2.43. The summed E-state index contributed by atoms with van der Waals surface area (Å²) in [6, 6.07) is 11.2. The van der Waals surface area contributed by atoms with Gasteiger partial charge < -0.3 is 28.4 Å². The maximum atomic E-state index is 12.6. The second-order valence-electron chi connectivity index (χ2n) is 8.03. The number of benzene rings is 2. The molecular weight excluding hydrogens is 446 g/mol. The van der Waals surface area contributed by atoms with E-state index in [1.165, 1.54) is 0 Å². The van der Waals surface area contributed by atoms with Gasteiger partial charge >= 0.3 is 0 Å². The van der Waals surface area contributed by atoms with E-state index >= 15 is 0 Å². The van der Waals surface area contributed by atoms with Gasteiger partial charge in [-0.05, 0) is 62.7 Å². The third-order valence-corrected chi connectivity index (χ3v) is 5.82. The minimum absolute atomic E-state index is 0.221. The Balaban J connectivity index is 1.80. The minimum Gasteiger partial charge on any atom is -0.497 e. The summed E-state index contributed by atoms with van der Waals surface area (Å²) in [5, 5.41) is 3.74. The molecule has 0 spiro atoms. The summed E-state index contributed by atoms with van der Waals surface area (Å²) < 4.78 is 28.3. The van der Waals surface area contributed by atoms with Crippen molar-refractivity contribution in [1.82, 2.24) is 5.32 Å². The zero-order chi connectivity index (χ0) is 24.9. The topological polar surface area (TPSA) is 83.1 Å². The summed E-state index contributed by atoms with van der Waals surface area (Å²) in [6.07, 6.45) is 4.86. The number of methoxy groups -OCH3 is 2. The highest BCUT2D eigenvalue weighted by molar-refractivity contribution is 6.02. The van der Waals surface area contributed by atoms with Crippen molar-refractivity contribution in [3.8, 4) is 28.4 Å². The fourth-order valence-corrected chi connectivity index (χ4v) is 4.09. The van der Waals surface area contributed by atoms with Crippen molar-refractivity contribution in [2.75, 3.05) is 20.8 Å². The van der Waals surface area contributed by atoms with Crippen LogP contribution in [0.25, 0.3) is 27.7 Å². The average molecular weight is 476 g/mol. The molecule has 35 heavy (non-hydrogen) atoms. The first-order chi connectivity index (χ1) is 17.0. The van der Waals surface area contributed by atoms with E-state index in [-0.39, 0.29) is 5.91 Å².